The van der Waals surface area contributed by atoms with Crippen LogP contribution in [0, 0.1) is 0 Å². The van der Waals surface area contributed by atoms with E-state index in [0.717, 1.165) is 6.42 Å². The van der Waals surface area contributed by atoms with Crippen molar-refractivity contribution in [2.75, 3.05) is 32.8 Å². The van der Waals surface area contributed by atoms with Crippen LogP contribution in [0.2, 0.25) is 0 Å². The zero-order chi connectivity index (χ0) is 20.8. The highest BCUT2D eigenvalue weighted by molar-refractivity contribution is 5.96. The number of amides is 2. The first-order valence-electron chi connectivity index (χ1n) is 9.60. The number of hydrogen-bond acceptors (Lipinski definition) is 4. The fraction of sp³-hybridized carbons (Fsp3) is 0.318. The summed E-state index contributed by atoms with van der Waals surface area (Å²) in [4.78, 5) is 39.5. The molecule has 29 heavy (non-hydrogen) atoms. The molecule has 2 aromatic carbocycles. The van der Waals surface area contributed by atoms with Crippen molar-refractivity contribution in [2.24, 2.45) is 0 Å². The van der Waals surface area contributed by atoms with Gasteiger partial charge in [-0.05, 0) is 42.3 Å². The first-order valence-corrected chi connectivity index (χ1v) is 9.60. The van der Waals surface area contributed by atoms with Gasteiger partial charge in [0.2, 0.25) is 0 Å². The summed E-state index contributed by atoms with van der Waals surface area (Å²) in [6.45, 7) is 3.43. The van der Waals surface area contributed by atoms with Crippen LogP contribution in [0.3, 0.4) is 0 Å². The van der Waals surface area contributed by atoms with Gasteiger partial charge in [-0.25, -0.2) is 4.79 Å². The lowest BCUT2D eigenvalue weighted by molar-refractivity contribution is -0.139. The Hall–Kier alpha value is -3.35. The van der Waals surface area contributed by atoms with Gasteiger partial charge < -0.3 is 19.6 Å². The number of carbonyl (C=O) groups is 3. The number of aryl methyl sites for hydroxylation is 1. The number of piperazine rings is 1. The minimum absolute atomic E-state index is 0.0242. The third-order valence-electron chi connectivity index (χ3n) is 4.91. The maximum Gasteiger partial charge on any atom is 0.341 e. The van der Waals surface area contributed by atoms with Crippen LogP contribution in [0.25, 0.3) is 0 Å². The molecule has 3 rings (SSSR count). The number of aliphatic carboxylic acids is 1. The lowest BCUT2D eigenvalue weighted by atomic mass is 10.1. The number of rotatable bonds is 6. The van der Waals surface area contributed by atoms with Crippen molar-refractivity contribution in [1.82, 2.24) is 9.80 Å². The molecule has 152 valence electrons. The van der Waals surface area contributed by atoms with Crippen LogP contribution < -0.4 is 4.74 Å². The van der Waals surface area contributed by atoms with E-state index in [9.17, 15) is 14.4 Å². The number of carboxylic acid groups (broad SMARTS) is 1. The maximum atomic E-state index is 12.8. The van der Waals surface area contributed by atoms with E-state index < -0.39 is 12.6 Å². The molecule has 1 aliphatic rings. The van der Waals surface area contributed by atoms with Gasteiger partial charge in [0.25, 0.3) is 11.8 Å². The summed E-state index contributed by atoms with van der Waals surface area (Å²) >= 11 is 0. The molecule has 0 radical (unpaired) electrons. The molecule has 7 nitrogen and oxygen atoms in total. The highest BCUT2D eigenvalue weighted by Crippen LogP contribution is 2.17. The standard InChI is InChI=1S/C22H24N2O5/c1-2-16-6-8-17(9-7-16)21(27)23-10-12-24(13-11-23)22(28)18-4-3-5-19(14-18)29-15-20(25)26/h3-9,14H,2,10-13,15H2,1H3,(H,25,26). The first kappa shape index (κ1) is 20.4. The average Bonchev–Trinajstić information content (AvgIpc) is 2.77. The lowest BCUT2D eigenvalue weighted by Crippen LogP contribution is -2.50. The zero-order valence-corrected chi connectivity index (χ0v) is 16.3. The van der Waals surface area contributed by atoms with E-state index in [1.54, 1.807) is 28.0 Å². The van der Waals surface area contributed by atoms with Crippen LogP contribution in [-0.4, -0.2) is 65.5 Å². The SMILES string of the molecule is CCc1ccc(C(=O)N2CCN(C(=O)c3cccc(OCC(=O)O)c3)CC2)cc1. The van der Waals surface area contributed by atoms with Crippen molar-refractivity contribution in [3.05, 3.63) is 65.2 Å². The van der Waals surface area contributed by atoms with Gasteiger partial charge in [-0.2, -0.15) is 0 Å². The van der Waals surface area contributed by atoms with Gasteiger partial charge >= 0.3 is 5.97 Å². The highest BCUT2D eigenvalue weighted by Gasteiger charge is 2.25. The molecule has 0 atom stereocenters. The number of carbonyl (C=O) groups excluding carboxylic acids is 2. The van der Waals surface area contributed by atoms with Gasteiger partial charge in [0.1, 0.15) is 5.75 Å². The van der Waals surface area contributed by atoms with Gasteiger partial charge in [0.05, 0.1) is 0 Å². The van der Waals surface area contributed by atoms with E-state index in [2.05, 4.69) is 6.92 Å². The summed E-state index contributed by atoms with van der Waals surface area (Å²) in [7, 11) is 0. The summed E-state index contributed by atoms with van der Waals surface area (Å²) in [6.07, 6.45) is 0.928. The Balaban J connectivity index is 1.58. The molecule has 0 aromatic heterocycles. The van der Waals surface area contributed by atoms with Gasteiger partial charge in [0.15, 0.2) is 6.61 Å². The highest BCUT2D eigenvalue weighted by atomic mass is 16.5. The number of nitrogens with zero attached hydrogens (tertiary/aromatic N) is 2. The largest absolute Gasteiger partial charge is 0.482 e. The molecule has 2 amide bonds. The smallest absolute Gasteiger partial charge is 0.341 e. The first-order chi connectivity index (χ1) is 14.0. The number of benzene rings is 2. The Labute approximate surface area is 169 Å². The van der Waals surface area contributed by atoms with E-state index in [0.29, 0.717) is 43.1 Å². The van der Waals surface area contributed by atoms with Gasteiger partial charge in [-0.3, -0.25) is 9.59 Å². The van der Waals surface area contributed by atoms with E-state index in [-0.39, 0.29) is 11.8 Å². The molecule has 2 aromatic rings. The minimum atomic E-state index is -1.08. The Morgan fingerprint density at radius 3 is 2.03 bits per heavy atom. The molecular formula is C22H24N2O5. The van der Waals surface area contributed by atoms with Crippen LogP contribution in [0.4, 0.5) is 0 Å². The quantitative estimate of drug-likeness (QED) is 0.810. The molecular weight excluding hydrogens is 372 g/mol. The van der Waals surface area contributed by atoms with Crippen LogP contribution in [-0.2, 0) is 11.2 Å². The normalized spacial score (nSPS) is 13.8. The second kappa shape index (κ2) is 9.23. The maximum absolute atomic E-state index is 12.8. The summed E-state index contributed by atoms with van der Waals surface area (Å²) < 4.78 is 5.14. The summed E-state index contributed by atoms with van der Waals surface area (Å²) in [5.41, 5.74) is 2.28. The van der Waals surface area contributed by atoms with E-state index in [1.807, 2.05) is 24.3 Å². The molecule has 0 aliphatic carbocycles. The molecule has 1 aliphatic heterocycles. The van der Waals surface area contributed by atoms with Crippen molar-refractivity contribution >= 4 is 17.8 Å². The molecule has 1 N–H and O–H groups in total. The van der Waals surface area contributed by atoms with Crippen LogP contribution in [0.15, 0.2) is 48.5 Å². The second-order valence-corrected chi connectivity index (χ2v) is 6.85. The Bertz CT molecular complexity index is 886. The monoisotopic (exact) mass is 396 g/mol. The fourth-order valence-electron chi connectivity index (χ4n) is 3.22. The topological polar surface area (TPSA) is 87.2 Å². The van der Waals surface area contributed by atoms with Crippen molar-refractivity contribution in [3.8, 4) is 5.75 Å². The van der Waals surface area contributed by atoms with Crippen LogP contribution in [0.5, 0.6) is 5.75 Å². The van der Waals surface area contributed by atoms with E-state index >= 15 is 0 Å². The van der Waals surface area contributed by atoms with Gasteiger partial charge in [-0.1, -0.05) is 25.1 Å². The molecule has 0 unspecified atom stereocenters. The zero-order valence-electron chi connectivity index (χ0n) is 16.3. The molecule has 1 fully saturated rings. The van der Waals surface area contributed by atoms with E-state index in [1.165, 1.54) is 11.6 Å². The van der Waals surface area contributed by atoms with E-state index in [4.69, 9.17) is 9.84 Å². The predicted molar refractivity (Wildman–Crippen MR) is 107 cm³/mol. The third-order valence-corrected chi connectivity index (χ3v) is 4.91. The predicted octanol–water partition coefficient (Wildman–Crippen LogP) is 2.31. The summed E-state index contributed by atoms with van der Waals surface area (Å²) in [5.74, 6) is -0.927. The summed E-state index contributed by atoms with van der Waals surface area (Å²) in [6, 6.07) is 14.1. The fourth-order valence-corrected chi connectivity index (χ4v) is 3.22. The molecule has 7 heteroatoms. The third kappa shape index (κ3) is 5.13. The molecule has 0 bridgehead atoms. The molecule has 0 saturated carbocycles. The summed E-state index contributed by atoms with van der Waals surface area (Å²) in [5, 5.41) is 8.70. The van der Waals surface area contributed by atoms with Crippen molar-refractivity contribution < 1.29 is 24.2 Å². The number of ether oxygens (including phenoxy) is 1. The Morgan fingerprint density at radius 1 is 0.897 bits per heavy atom. The average molecular weight is 396 g/mol. The van der Waals surface area contributed by atoms with Crippen molar-refractivity contribution in [1.29, 1.82) is 0 Å². The molecule has 1 heterocycles. The second-order valence-electron chi connectivity index (χ2n) is 6.85. The Morgan fingerprint density at radius 2 is 1.48 bits per heavy atom. The lowest BCUT2D eigenvalue weighted by Gasteiger charge is -2.35. The Kier molecular flexibility index (Phi) is 6.49. The van der Waals surface area contributed by atoms with Crippen LogP contribution >= 0.6 is 0 Å². The van der Waals surface area contributed by atoms with Gasteiger partial charge in [0, 0.05) is 37.3 Å². The van der Waals surface area contributed by atoms with Crippen molar-refractivity contribution in [3.63, 3.8) is 0 Å². The van der Waals surface area contributed by atoms with Gasteiger partial charge in [-0.15, -0.1) is 0 Å². The van der Waals surface area contributed by atoms with Crippen LogP contribution in [0.1, 0.15) is 33.2 Å². The number of hydrogen-bond donors (Lipinski definition) is 1. The molecule has 1 saturated heterocycles. The molecule has 0 spiro atoms. The minimum Gasteiger partial charge on any atom is -0.482 e. The number of carboxylic acids is 1. The van der Waals surface area contributed by atoms with Crippen molar-refractivity contribution in [2.45, 2.75) is 13.3 Å².